The van der Waals surface area contributed by atoms with Gasteiger partial charge in [-0.15, -0.1) is 5.10 Å². The lowest BCUT2D eigenvalue weighted by Crippen LogP contribution is -2.28. The summed E-state index contributed by atoms with van der Waals surface area (Å²) in [5.41, 5.74) is 6.84. The molecule has 0 unspecified atom stereocenters. The van der Waals surface area contributed by atoms with E-state index >= 15 is 0 Å². The van der Waals surface area contributed by atoms with Gasteiger partial charge in [0.1, 0.15) is 0 Å². The first-order valence-electron chi connectivity index (χ1n) is 9.38. The number of nitrogens with two attached hydrogens (primary N) is 1. The van der Waals surface area contributed by atoms with Crippen molar-refractivity contribution in [1.82, 2.24) is 20.3 Å². The van der Waals surface area contributed by atoms with Gasteiger partial charge in [-0.3, -0.25) is 4.79 Å². The van der Waals surface area contributed by atoms with Crippen LogP contribution in [0.25, 0.3) is 0 Å². The third-order valence-corrected chi connectivity index (χ3v) is 4.96. The van der Waals surface area contributed by atoms with Crippen LogP contribution in [-0.2, 0) is 0 Å². The molecule has 7 nitrogen and oxygen atoms in total. The van der Waals surface area contributed by atoms with E-state index < -0.39 is 5.82 Å². The summed E-state index contributed by atoms with van der Waals surface area (Å²) in [6.07, 6.45) is 5.45. The predicted molar refractivity (Wildman–Crippen MR) is 99.0 cm³/mol. The number of carbonyl (C=O) groups excluding carboxylic acids is 1. The maximum absolute atomic E-state index is 14.0. The van der Waals surface area contributed by atoms with Crippen molar-refractivity contribution >= 4 is 5.91 Å². The van der Waals surface area contributed by atoms with Crippen molar-refractivity contribution in [3.63, 3.8) is 0 Å². The number of halogens is 1. The Balaban J connectivity index is 1.62. The molecule has 3 rings (SSSR count). The van der Waals surface area contributed by atoms with Gasteiger partial charge in [0.2, 0.25) is 0 Å². The first kappa shape index (κ1) is 19.3. The van der Waals surface area contributed by atoms with Gasteiger partial charge in [-0.1, -0.05) is 11.3 Å². The molecule has 8 heteroatoms. The highest BCUT2D eigenvalue weighted by Crippen LogP contribution is 2.27. The lowest BCUT2D eigenvalue weighted by atomic mass is 9.92. The van der Waals surface area contributed by atoms with E-state index in [0.717, 1.165) is 25.7 Å². The van der Waals surface area contributed by atoms with E-state index in [0.29, 0.717) is 12.2 Å². The summed E-state index contributed by atoms with van der Waals surface area (Å²) in [7, 11) is 0. The van der Waals surface area contributed by atoms with Crippen LogP contribution in [0.4, 0.5) is 4.39 Å². The van der Waals surface area contributed by atoms with Crippen molar-refractivity contribution in [3.8, 4) is 5.75 Å². The quantitative estimate of drug-likeness (QED) is 0.809. The molecule has 0 bridgehead atoms. The topological polar surface area (TPSA) is 95.1 Å². The number of aromatic nitrogens is 3. The second-order valence-electron chi connectivity index (χ2n) is 6.97. The van der Waals surface area contributed by atoms with E-state index in [-0.39, 0.29) is 35.5 Å². The highest BCUT2D eigenvalue weighted by Gasteiger charge is 2.23. The molecular formula is C19H26FN5O2. The number of nitrogens with one attached hydrogen (secondary N) is 1. The fraction of sp³-hybridized carbons (Fsp3) is 0.526. The van der Waals surface area contributed by atoms with Crippen molar-refractivity contribution < 1.29 is 13.9 Å². The SMILES string of the molecule is CCOc1ccc([C@@H](C)NC(=O)c2cn(C3CCC(N)CC3)nn2)cc1F. The number of hydrogen-bond acceptors (Lipinski definition) is 5. The van der Waals surface area contributed by atoms with E-state index in [2.05, 4.69) is 15.6 Å². The zero-order chi connectivity index (χ0) is 19.4. The van der Waals surface area contributed by atoms with Crippen LogP contribution < -0.4 is 15.8 Å². The van der Waals surface area contributed by atoms with Crippen molar-refractivity contribution in [2.75, 3.05) is 6.61 Å². The van der Waals surface area contributed by atoms with Crippen LogP contribution in [0.3, 0.4) is 0 Å². The standard InChI is InChI=1S/C19H26FN5O2/c1-3-27-18-9-4-13(10-16(18)20)12(2)22-19(26)17-11-25(24-23-17)15-7-5-14(21)6-8-15/h4,9-12,14-15H,3,5-8,21H2,1-2H3,(H,22,26)/t12-,14?,15?/m1/s1. The van der Waals surface area contributed by atoms with Crippen LogP contribution in [0.15, 0.2) is 24.4 Å². The number of amides is 1. The molecule has 1 aliphatic carbocycles. The maximum Gasteiger partial charge on any atom is 0.273 e. The molecule has 2 aromatic rings. The average molecular weight is 375 g/mol. The number of ether oxygens (including phenoxy) is 1. The van der Waals surface area contributed by atoms with Gasteiger partial charge in [0, 0.05) is 6.04 Å². The van der Waals surface area contributed by atoms with Gasteiger partial charge in [-0.25, -0.2) is 9.07 Å². The number of rotatable bonds is 6. The molecule has 1 heterocycles. The highest BCUT2D eigenvalue weighted by molar-refractivity contribution is 5.92. The van der Waals surface area contributed by atoms with Gasteiger partial charge in [-0.2, -0.15) is 0 Å². The van der Waals surface area contributed by atoms with Crippen LogP contribution in [0, 0.1) is 5.82 Å². The van der Waals surface area contributed by atoms with E-state index in [1.165, 1.54) is 6.07 Å². The predicted octanol–water partition coefficient (Wildman–Crippen LogP) is 2.75. The Morgan fingerprint density at radius 2 is 2.15 bits per heavy atom. The third kappa shape index (κ3) is 4.63. The van der Waals surface area contributed by atoms with Gasteiger partial charge >= 0.3 is 0 Å². The molecule has 1 aliphatic rings. The molecule has 1 amide bonds. The summed E-state index contributed by atoms with van der Waals surface area (Å²) in [6, 6.07) is 4.79. The Morgan fingerprint density at radius 3 is 2.81 bits per heavy atom. The van der Waals surface area contributed by atoms with Gasteiger partial charge in [-0.05, 0) is 57.2 Å². The fourth-order valence-electron chi connectivity index (χ4n) is 3.34. The number of carbonyl (C=O) groups is 1. The van der Waals surface area contributed by atoms with Crippen molar-refractivity contribution in [2.45, 2.75) is 57.7 Å². The van der Waals surface area contributed by atoms with Crippen LogP contribution in [0.2, 0.25) is 0 Å². The largest absolute Gasteiger partial charge is 0.491 e. The first-order valence-corrected chi connectivity index (χ1v) is 9.38. The molecule has 0 spiro atoms. The minimum absolute atomic E-state index is 0.204. The minimum atomic E-state index is -0.447. The fourth-order valence-corrected chi connectivity index (χ4v) is 3.34. The Morgan fingerprint density at radius 1 is 1.41 bits per heavy atom. The Bertz CT molecular complexity index is 786. The van der Waals surface area contributed by atoms with Crippen molar-refractivity contribution in [1.29, 1.82) is 0 Å². The summed E-state index contributed by atoms with van der Waals surface area (Å²) < 4.78 is 21.0. The molecule has 0 radical (unpaired) electrons. The van der Waals surface area contributed by atoms with Gasteiger partial charge in [0.15, 0.2) is 17.3 Å². The minimum Gasteiger partial charge on any atom is -0.491 e. The molecule has 146 valence electrons. The summed E-state index contributed by atoms with van der Waals surface area (Å²) in [4.78, 5) is 12.5. The Kier molecular flexibility index (Phi) is 6.05. The van der Waals surface area contributed by atoms with Crippen LogP contribution in [0.5, 0.6) is 5.75 Å². The maximum atomic E-state index is 14.0. The first-order chi connectivity index (χ1) is 13.0. The molecule has 1 atom stereocenters. The van der Waals surface area contributed by atoms with Crippen LogP contribution in [0.1, 0.15) is 67.7 Å². The van der Waals surface area contributed by atoms with E-state index in [1.54, 1.807) is 36.9 Å². The molecule has 27 heavy (non-hydrogen) atoms. The molecule has 1 aromatic heterocycles. The summed E-state index contributed by atoms with van der Waals surface area (Å²) >= 11 is 0. The van der Waals surface area contributed by atoms with E-state index in [1.807, 2.05) is 0 Å². The molecule has 1 fully saturated rings. The van der Waals surface area contributed by atoms with Crippen LogP contribution >= 0.6 is 0 Å². The Labute approximate surface area is 158 Å². The third-order valence-electron chi connectivity index (χ3n) is 4.96. The molecule has 1 saturated carbocycles. The lowest BCUT2D eigenvalue weighted by molar-refractivity contribution is 0.0934. The number of nitrogens with zero attached hydrogens (tertiary/aromatic N) is 3. The van der Waals surface area contributed by atoms with Crippen molar-refractivity contribution in [2.24, 2.45) is 5.73 Å². The molecule has 1 aromatic carbocycles. The zero-order valence-electron chi connectivity index (χ0n) is 15.7. The molecule has 0 aliphatic heterocycles. The second kappa shape index (κ2) is 8.47. The van der Waals surface area contributed by atoms with Gasteiger partial charge < -0.3 is 15.8 Å². The number of hydrogen-bond donors (Lipinski definition) is 2. The molecular weight excluding hydrogens is 349 g/mol. The molecule has 0 saturated heterocycles. The second-order valence-corrected chi connectivity index (χ2v) is 6.97. The van der Waals surface area contributed by atoms with Crippen LogP contribution in [-0.4, -0.2) is 33.5 Å². The average Bonchev–Trinajstić information content (AvgIpc) is 3.14. The lowest BCUT2D eigenvalue weighted by Gasteiger charge is -2.25. The van der Waals surface area contributed by atoms with Crippen molar-refractivity contribution in [3.05, 3.63) is 41.5 Å². The van der Waals surface area contributed by atoms with Gasteiger partial charge in [0.25, 0.3) is 5.91 Å². The smallest absolute Gasteiger partial charge is 0.273 e. The highest BCUT2D eigenvalue weighted by atomic mass is 19.1. The van der Waals surface area contributed by atoms with E-state index in [4.69, 9.17) is 10.5 Å². The monoisotopic (exact) mass is 375 g/mol. The van der Waals surface area contributed by atoms with E-state index in [9.17, 15) is 9.18 Å². The normalized spacial score (nSPS) is 20.9. The summed E-state index contributed by atoms with van der Waals surface area (Å²) in [6.45, 7) is 3.98. The zero-order valence-corrected chi connectivity index (χ0v) is 15.7. The number of benzene rings is 1. The summed E-state index contributed by atoms with van der Waals surface area (Å²) in [5.74, 6) is -0.581. The summed E-state index contributed by atoms with van der Waals surface area (Å²) in [5, 5.41) is 10.9. The molecule has 3 N–H and O–H groups in total. The Hall–Kier alpha value is -2.48. The van der Waals surface area contributed by atoms with Gasteiger partial charge in [0.05, 0.1) is 24.9 Å².